The first-order valence-corrected chi connectivity index (χ1v) is 7.13. The maximum Gasteiger partial charge on any atom is 0.0952 e. The Morgan fingerprint density at radius 2 is 2.16 bits per heavy atom. The molecule has 1 unspecified atom stereocenters. The summed E-state index contributed by atoms with van der Waals surface area (Å²) in [6.45, 7) is 7.14. The van der Waals surface area contributed by atoms with Crippen molar-refractivity contribution in [3.8, 4) is 0 Å². The highest BCUT2D eigenvalue weighted by Crippen LogP contribution is 2.26. The second-order valence-corrected chi connectivity index (χ2v) is 6.08. The topological polar surface area (TPSA) is 41.5 Å². The molecule has 0 bridgehead atoms. The van der Waals surface area contributed by atoms with Crippen molar-refractivity contribution in [3.63, 3.8) is 0 Å². The zero-order chi connectivity index (χ0) is 13.7. The molecule has 1 aliphatic heterocycles. The lowest BCUT2D eigenvalue weighted by molar-refractivity contribution is 0.0406. The van der Waals surface area contributed by atoms with Gasteiger partial charge in [-0.3, -0.25) is 0 Å². The summed E-state index contributed by atoms with van der Waals surface area (Å²) in [5.41, 5.74) is 2.86. The van der Waals surface area contributed by atoms with E-state index in [9.17, 15) is 0 Å². The number of hydrogen-bond acceptors (Lipinski definition) is 3. The van der Waals surface area contributed by atoms with Gasteiger partial charge in [0.1, 0.15) is 0 Å². The molecule has 3 nitrogen and oxygen atoms in total. The average Bonchev–Trinajstić information content (AvgIpc) is 2.39. The van der Waals surface area contributed by atoms with Crippen LogP contribution in [-0.4, -0.2) is 31.4 Å². The summed E-state index contributed by atoms with van der Waals surface area (Å²) in [4.78, 5) is 0. The predicted octanol–water partition coefficient (Wildman–Crippen LogP) is 2.30. The fraction of sp³-hybridized carbons (Fsp3) is 0.625. The van der Waals surface area contributed by atoms with Gasteiger partial charge in [0.25, 0.3) is 0 Å². The van der Waals surface area contributed by atoms with E-state index in [1.165, 1.54) is 11.1 Å². The summed E-state index contributed by atoms with van der Waals surface area (Å²) in [6, 6.07) is 8.54. The van der Waals surface area contributed by atoms with Crippen molar-refractivity contribution in [1.29, 1.82) is 0 Å². The molecule has 0 aliphatic carbocycles. The fourth-order valence-corrected chi connectivity index (χ4v) is 2.58. The molecule has 3 heteroatoms. The van der Waals surface area contributed by atoms with E-state index in [1.54, 1.807) is 0 Å². The van der Waals surface area contributed by atoms with E-state index in [1.807, 2.05) is 0 Å². The molecule has 0 spiro atoms. The molecule has 1 heterocycles. The molecule has 106 valence electrons. The van der Waals surface area contributed by atoms with Gasteiger partial charge in [-0.05, 0) is 29.4 Å². The van der Waals surface area contributed by atoms with Crippen LogP contribution >= 0.6 is 0 Å². The molecule has 2 N–H and O–H groups in total. The van der Waals surface area contributed by atoms with Crippen LogP contribution in [0, 0.1) is 5.41 Å². The van der Waals surface area contributed by atoms with Crippen LogP contribution in [-0.2, 0) is 11.2 Å². The molecule has 1 atom stereocenters. The third kappa shape index (κ3) is 4.03. The van der Waals surface area contributed by atoms with Crippen LogP contribution in [0.15, 0.2) is 24.3 Å². The summed E-state index contributed by atoms with van der Waals surface area (Å²) in [6.07, 6.45) is 2.00. The van der Waals surface area contributed by atoms with E-state index < -0.39 is 0 Å². The Morgan fingerprint density at radius 3 is 2.95 bits per heavy atom. The number of benzene rings is 1. The van der Waals surface area contributed by atoms with Crippen molar-refractivity contribution < 1.29 is 9.84 Å². The highest BCUT2D eigenvalue weighted by atomic mass is 16.5. The first-order chi connectivity index (χ1) is 9.12. The molecule has 0 saturated carbocycles. The quantitative estimate of drug-likeness (QED) is 0.827. The van der Waals surface area contributed by atoms with Gasteiger partial charge in [0.2, 0.25) is 0 Å². The van der Waals surface area contributed by atoms with E-state index in [0.717, 1.165) is 32.5 Å². The van der Waals surface area contributed by atoms with Crippen LogP contribution in [0.2, 0.25) is 0 Å². The smallest absolute Gasteiger partial charge is 0.0952 e. The predicted molar refractivity (Wildman–Crippen MR) is 77.2 cm³/mol. The number of aliphatic hydroxyl groups excluding tert-OH is 1. The van der Waals surface area contributed by atoms with Crippen LogP contribution in [0.25, 0.3) is 0 Å². The van der Waals surface area contributed by atoms with Crippen molar-refractivity contribution in [1.82, 2.24) is 5.32 Å². The molecule has 0 aromatic heterocycles. The van der Waals surface area contributed by atoms with Gasteiger partial charge in [-0.1, -0.05) is 38.1 Å². The van der Waals surface area contributed by atoms with E-state index in [0.29, 0.717) is 0 Å². The number of hydrogen-bond donors (Lipinski definition) is 2. The van der Waals surface area contributed by atoms with Gasteiger partial charge >= 0.3 is 0 Å². The third-order valence-electron chi connectivity index (χ3n) is 3.81. The number of aliphatic hydroxyl groups is 1. The van der Waals surface area contributed by atoms with Crippen LogP contribution in [0.5, 0.6) is 0 Å². The lowest BCUT2D eigenvalue weighted by atomic mass is 9.89. The molecule has 0 saturated heterocycles. The van der Waals surface area contributed by atoms with E-state index >= 15 is 0 Å². The Kier molecular flexibility index (Phi) is 4.97. The highest BCUT2D eigenvalue weighted by Gasteiger charge is 2.22. The third-order valence-corrected chi connectivity index (χ3v) is 3.81. The summed E-state index contributed by atoms with van der Waals surface area (Å²) in [5.74, 6) is 0. The normalized spacial score (nSPS) is 19.2. The van der Waals surface area contributed by atoms with Gasteiger partial charge < -0.3 is 15.2 Å². The number of nitrogens with one attached hydrogen (secondary N) is 1. The second-order valence-electron chi connectivity index (χ2n) is 6.08. The number of ether oxygens (including phenoxy) is 1. The van der Waals surface area contributed by atoms with Gasteiger partial charge in [0.05, 0.1) is 12.7 Å². The SMILES string of the molecule is CC(C)(CCO)CNCC1OCCc2ccccc21. The minimum atomic E-state index is 0.128. The van der Waals surface area contributed by atoms with Gasteiger partial charge in [-0.25, -0.2) is 0 Å². The van der Waals surface area contributed by atoms with Crippen LogP contribution < -0.4 is 5.32 Å². The van der Waals surface area contributed by atoms with Crippen LogP contribution in [0.1, 0.15) is 37.5 Å². The molecule has 1 aromatic rings. The van der Waals surface area contributed by atoms with Gasteiger partial charge in [-0.2, -0.15) is 0 Å². The highest BCUT2D eigenvalue weighted by molar-refractivity contribution is 5.31. The molecule has 0 amide bonds. The molecular formula is C16H25NO2. The summed E-state index contributed by atoms with van der Waals surface area (Å²) in [7, 11) is 0. The standard InChI is InChI=1S/C16H25NO2/c1-16(2,8-9-18)12-17-11-15-14-6-4-3-5-13(14)7-10-19-15/h3-6,15,17-18H,7-12H2,1-2H3. The first kappa shape index (κ1) is 14.5. The molecular weight excluding hydrogens is 238 g/mol. The molecule has 2 rings (SSSR count). The first-order valence-electron chi connectivity index (χ1n) is 7.13. The zero-order valence-corrected chi connectivity index (χ0v) is 12.0. The van der Waals surface area contributed by atoms with Crippen molar-refractivity contribution in [2.24, 2.45) is 5.41 Å². The molecule has 1 aliphatic rings. The second kappa shape index (κ2) is 6.51. The maximum atomic E-state index is 9.03. The molecule has 19 heavy (non-hydrogen) atoms. The van der Waals surface area contributed by atoms with Gasteiger partial charge in [0.15, 0.2) is 0 Å². The molecule has 1 aromatic carbocycles. The van der Waals surface area contributed by atoms with E-state index in [-0.39, 0.29) is 18.1 Å². The van der Waals surface area contributed by atoms with Crippen molar-refractivity contribution >= 4 is 0 Å². The van der Waals surface area contributed by atoms with Gasteiger partial charge in [-0.15, -0.1) is 0 Å². The Morgan fingerprint density at radius 1 is 1.37 bits per heavy atom. The Balaban J connectivity index is 1.88. The summed E-state index contributed by atoms with van der Waals surface area (Å²) < 4.78 is 5.87. The lowest BCUT2D eigenvalue weighted by Gasteiger charge is -2.29. The Hall–Kier alpha value is -0.900. The fourth-order valence-electron chi connectivity index (χ4n) is 2.58. The maximum absolute atomic E-state index is 9.03. The zero-order valence-electron chi connectivity index (χ0n) is 12.0. The summed E-state index contributed by atoms with van der Waals surface area (Å²) in [5, 5.41) is 12.5. The van der Waals surface area contributed by atoms with Crippen LogP contribution in [0.3, 0.4) is 0 Å². The number of fused-ring (bicyclic) bond motifs is 1. The van der Waals surface area contributed by atoms with Crippen LogP contribution in [0.4, 0.5) is 0 Å². The Bertz CT molecular complexity index is 403. The largest absolute Gasteiger partial charge is 0.396 e. The molecule has 0 fully saturated rings. The minimum Gasteiger partial charge on any atom is -0.396 e. The van der Waals surface area contributed by atoms with E-state index in [2.05, 4.69) is 43.4 Å². The monoisotopic (exact) mass is 263 g/mol. The lowest BCUT2D eigenvalue weighted by Crippen LogP contribution is -2.34. The Labute approximate surface area is 116 Å². The summed E-state index contributed by atoms with van der Waals surface area (Å²) >= 11 is 0. The van der Waals surface area contributed by atoms with Gasteiger partial charge in [0, 0.05) is 19.7 Å². The van der Waals surface area contributed by atoms with Crippen molar-refractivity contribution in [2.75, 3.05) is 26.3 Å². The number of rotatable bonds is 6. The average molecular weight is 263 g/mol. The molecule has 0 radical (unpaired) electrons. The minimum absolute atomic E-state index is 0.128. The van der Waals surface area contributed by atoms with E-state index in [4.69, 9.17) is 9.84 Å². The van der Waals surface area contributed by atoms with Crippen molar-refractivity contribution in [3.05, 3.63) is 35.4 Å². The van der Waals surface area contributed by atoms with Crippen molar-refractivity contribution in [2.45, 2.75) is 32.8 Å².